The first-order valence-electron chi connectivity index (χ1n) is 19.3. The van der Waals surface area contributed by atoms with Crippen molar-refractivity contribution in [1.82, 2.24) is 0 Å². The van der Waals surface area contributed by atoms with E-state index in [9.17, 15) is 0 Å². The first-order valence-corrected chi connectivity index (χ1v) is 22.3. The Hall–Kier alpha value is -6.54. The van der Waals surface area contributed by atoms with Gasteiger partial charge >= 0.3 is 0 Å². The zero-order chi connectivity index (χ0) is 36.7. The second-order valence-electron chi connectivity index (χ2n) is 15.7. The highest BCUT2D eigenvalue weighted by atomic mass is 28.3. The van der Waals surface area contributed by atoms with E-state index in [4.69, 9.17) is 0 Å². The maximum Gasteiger partial charge on any atom is 0.113 e. The van der Waals surface area contributed by atoms with Crippen molar-refractivity contribution in [1.29, 1.82) is 0 Å². The summed E-state index contributed by atoms with van der Waals surface area (Å²) in [7, 11) is -2.09. The van der Waals surface area contributed by atoms with Gasteiger partial charge in [0.05, 0.1) is 0 Å². The Morgan fingerprint density at radius 1 is 0.273 bits per heavy atom. The maximum absolute atomic E-state index is 2.60. The maximum atomic E-state index is 2.60. The topological polar surface area (TPSA) is 0 Å². The van der Waals surface area contributed by atoms with E-state index in [2.05, 4.69) is 207 Å². The van der Waals surface area contributed by atoms with Crippen LogP contribution >= 0.6 is 0 Å². The minimum Gasteiger partial charge on any atom is -0.0622 e. The monoisotopic (exact) mass is 714 g/mol. The molecular weight excluding hydrogens is 677 g/mol. The molecular formula is C54H38Si. The van der Waals surface area contributed by atoms with Gasteiger partial charge in [-0.2, -0.15) is 0 Å². The van der Waals surface area contributed by atoms with Crippen molar-refractivity contribution in [3.05, 3.63) is 194 Å². The van der Waals surface area contributed by atoms with Crippen LogP contribution in [0.1, 0.15) is 0 Å². The Morgan fingerprint density at radius 3 is 1.31 bits per heavy atom. The molecule has 0 atom stereocenters. The average molecular weight is 715 g/mol. The van der Waals surface area contributed by atoms with Gasteiger partial charge in [0.2, 0.25) is 0 Å². The van der Waals surface area contributed by atoms with Crippen molar-refractivity contribution in [2.75, 3.05) is 0 Å². The Labute approximate surface area is 323 Å². The van der Waals surface area contributed by atoms with Crippen molar-refractivity contribution < 1.29 is 0 Å². The molecule has 1 aliphatic heterocycles. The van der Waals surface area contributed by atoms with Gasteiger partial charge in [0, 0.05) is 0 Å². The summed E-state index contributed by atoms with van der Waals surface area (Å²) in [5.41, 5.74) is 13.0. The molecule has 1 heterocycles. The fraction of sp³-hybridized carbons (Fsp3) is 0.0370. The van der Waals surface area contributed by atoms with Gasteiger partial charge < -0.3 is 0 Å². The van der Waals surface area contributed by atoms with Crippen LogP contribution in [-0.2, 0) is 0 Å². The van der Waals surface area contributed by atoms with E-state index in [1.807, 2.05) is 0 Å². The third-order valence-corrected chi connectivity index (χ3v) is 15.7. The summed E-state index contributed by atoms with van der Waals surface area (Å²) >= 11 is 0. The van der Waals surface area contributed by atoms with Crippen LogP contribution < -0.4 is 10.4 Å². The summed E-state index contributed by atoms with van der Waals surface area (Å²) in [6.07, 6.45) is 0. The lowest BCUT2D eigenvalue weighted by Gasteiger charge is -2.23. The zero-order valence-corrected chi connectivity index (χ0v) is 32.0. The summed E-state index contributed by atoms with van der Waals surface area (Å²) in [5, 5.41) is 13.3. The third-order valence-electron chi connectivity index (χ3n) is 12.2. The van der Waals surface area contributed by atoms with Gasteiger partial charge in [-0.1, -0.05) is 189 Å². The Morgan fingerprint density at radius 2 is 0.709 bits per heavy atom. The molecule has 0 nitrogen and oxygen atoms in total. The first kappa shape index (κ1) is 31.9. The van der Waals surface area contributed by atoms with Gasteiger partial charge in [0.1, 0.15) is 8.07 Å². The molecule has 1 aliphatic rings. The molecule has 0 fully saturated rings. The summed E-state index contributed by atoms with van der Waals surface area (Å²) in [6.45, 7) is 5.10. The molecule has 10 aromatic carbocycles. The summed E-state index contributed by atoms with van der Waals surface area (Å²) in [5.74, 6) is 0. The third kappa shape index (κ3) is 5.04. The number of rotatable bonds is 4. The van der Waals surface area contributed by atoms with E-state index >= 15 is 0 Å². The van der Waals surface area contributed by atoms with Crippen molar-refractivity contribution in [3.63, 3.8) is 0 Å². The van der Waals surface area contributed by atoms with E-state index in [-0.39, 0.29) is 0 Å². The van der Waals surface area contributed by atoms with Crippen LogP contribution in [0.3, 0.4) is 0 Å². The standard InChI is InChI=1S/C54H38Si/c1-55(2)51-32-42(39-22-20-38(21-23-39)35-12-4-3-5-13-35)28-29-45(51)48-33-49-50(34-52(48)55)54(44-27-25-37-15-7-9-17-41(37)31-44)47-19-11-10-18-46(47)53(49)43-26-24-36-14-6-8-16-40(36)30-43/h3-34H,1-2H3. The van der Waals surface area contributed by atoms with Crippen molar-refractivity contribution >= 4 is 61.5 Å². The molecule has 0 bridgehead atoms. The molecule has 0 spiro atoms. The van der Waals surface area contributed by atoms with Crippen LogP contribution in [0.15, 0.2) is 194 Å². The largest absolute Gasteiger partial charge is 0.113 e. The van der Waals surface area contributed by atoms with Gasteiger partial charge in [-0.15, -0.1) is 0 Å². The van der Waals surface area contributed by atoms with Crippen LogP contribution in [0, 0.1) is 0 Å². The van der Waals surface area contributed by atoms with Crippen molar-refractivity contribution in [2.45, 2.75) is 13.1 Å². The smallest absolute Gasteiger partial charge is 0.0622 e. The van der Waals surface area contributed by atoms with Crippen molar-refractivity contribution in [3.8, 4) is 55.6 Å². The lowest BCUT2D eigenvalue weighted by molar-refractivity contribution is 1.59. The average Bonchev–Trinajstić information content (AvgIpc) is 3.46. The molecule has 0 saturated carbocycles. The highest BCUT2D eigenvalue weighted by Gasteiger charge is 2.38. The fourth-order valence-electron chi connectivity index (χ4n) is 9.38. The molecule has 10 aromatic rings. The second kappa shape index (κ2) is 12.2. The molecule has 0 saturated heterocycles. The van der Waals surface area contributed by atoms with Gasteiger partial charge in [-0.25, -0.2) is 0 Å². The normalized spacial score (nSPS) is 13.1. The zero-order valence-electron chi connectivity index (χ0n) is 31.0. The predicted octanol–water partition coefficient (Wildman–Crippen LogP) is 13.8. The van der Waals surface area contributed by atoms with Crippen LogP contribution in [0.4, 0.5) is 0 Å². The summed E-state index contributed by atoms with van der Waals surface area (Å²) in [6, 6.07) is 72.7. The van der Waals surface area contributed by atoms with Gasteiger partial charge in [-0.3, -0.25) is 0 Å². The van der Waals surface area contributed by atoms with Crippen LogP contribution in [0.5, 0.6) is 0 Å². The quantitative estimate of drug-likeness (QED) is 0.126. The number of hydrogen-bond donors (Lipinski definition) is 0. The van der Waals surface area contributed by atoms with Crippen LogP contribution in [0.25, 0.3) is 98.7 Å². The molecule has 55 heavy (non-hydrogen) atoms. The second-order valence-corrected chi connectivity index (χ2v) is 20.0. The van der Waals surface area contributed by atoms with Crippen LogP contribution in [-0.4, -0.2) is 8.07 Å². The number of benzene rings is 10. The summed E-state index contributed by atoms with van der Waals surface area (Å²) < 4.78 is 0. The number of hydrogen-bond acceptors (Lipinski definition) is 0. The molecule has 1 heteroatoms. The molecule has 0 unspecified atom stereocenters. The van der Waals surface area contributed by atoms with E-state index < -0.39 is 8.07 Å². The number of fused-ring (bicyclic) bond motifs is 7. The minimum atomic E-state index is -2.09. The van der Waals surface area contributed by atoms with Crippen molar-refractivity contribution in [2.24, 2.45) is 0 Å². The van der Waals surface area contributed by atoms with Gasteiger partial charge in [-0.05, 0) is 127 Å². The molecule has 0 radical (unpaired) electrons. The first-order chi connectivity index (χ1) is 27.0. The van der Waals surface area contributed by atoms with E-state index in [1.54, 1.807) is 0 Å². The van der Waals surface area contributed by atoms with Crippen LogP contribution in [0.2, 0.25) is 13.1 Å². The fourth-order valence-corrected chi connectivity index (χ4v) is 12.5. The van der Waals surface area contributed by atoms with E-state index in [0.717, 1.165) is 0 Å². The van der Waals surface area contributed by atoms with Gasteiger partial charge in [0.25, 0.3) is 0 Å². The van der Waals surface area contributed by atoms with E-state index in [0.29, 0.717) is 0 Å². The highest BCUT2D eigenvalue weighted by Crippen LogP contribution is 2.46. The SMILES string of the molecule is C[Si]1(C)c2cc(-c3ccc(-c4ccccc4)cc3)ccc2-c2cc3c(-c4ccc5ccccc5c4)c4ccccc4c(-c4ccc5ccccc5c4)c3cc21. The molecule has 0 N–H and O–H groups in total. The molecule has 11 rings (SSSR count). The highest BCUT2D eigenvalue weighted by molar-refractivity contribution is 7.04. The molecule has 258 valence electrons. The Balaban J connectivity index is 1.16. The van der Waals surface area contributed by atoms with Gasteiger partial charge in [0.15, 0.2) is 0 Å². The minimum absolute atomic E-state index is 1.25. The molecule has 0 aliphatic carbocycles. The molecule has 0 aromatic heterocycles. The Kier molecular flexibility index (Phi) is 7.11. The Bertz CT molecular complexity index is 3150. The summed E-state index contributed by atoms with van der Waals surface area (Å²) in [4.78, 5) is 0. The van der Waals surface area contributed by atoms with E-state index in [1.165, 1.54) is 109 Å². The molecule has 0 amide bonds. The lowest BCUT2D eigenvalue weighted by Crippen LogP contribution is -2.49. The predicted molar refractivity (Wildman–Crippen MR) is 240 cm³/mol. The lowest BCUT2D eigenvalue weighted by atomic mass is 9.84.